The third-order valence-corrected chi connectivity index (χ3v) is 10.6. The van der Waals surface area contributed by atoms with Crippen molar-refractivity contribution in [2.75, 3.05) is 37.7 Å². The van der Waals surface area contributed by atoms with Crippen LogP contribution in [0.15, 0.2) is 30.3 Å². The second-order valence-corrected chi connectivity index (χ2v) is 13.0. The van der Waals surface area contributed by atoms with Gasteiger partial charge in [-0.15, -0.1) is 6.42 Å². The number of fused-ring (bicyclic) bond motifs is 7. The number of pyridine rings is 1. The first-order valence-electron chi connectivity index (χ1n) is 15.7. The lowest BCUT2D eigenvalue weighted by Gasteiger charge is -2.40. The first-order valence-corrected chi connectivity index (χ1v) is 15.7. The lowest BCUT2D eigenvalue weighted by molar-refractivity contribution is 0.107. The molecular weight excluding hydrogens is 581 g/mol. The number of anilines is 1. The predicted molar refractivity (Wildman–Crippen MR) is 163 cm³/mol. The van der Waals surface area contributed by atoms with Gasteiger partial charge in [-0.05, 0) is 43.7 Å². The van der Waals surface area contributed by atoms with Gasteiger partial charge in [0.25, 0.3) is 0 Å². The van der Waals surface area contributed by atoms with Gasteiger partial charge < -0.3 is 19.7 Å². The summed E-state index contributed by atoms with van der Waals surface area (Å²) >= 11 is 0. The molecule has 2 bridgehead atoms. The lowest BCUT2D eigenvalue weighted by Crippen LogP contribution is -2.60. The molecule has 1 N–H and O–H groups in total. The molecule has 7 heterocycles. The van der Waals surface area contributed by atoms with E-state index < -0.39 is 23.3 Å². The summed E-state index contributed by atoms with van der Waals surface area (Å²) < 4.78 is 59.0. The summed E-state index contributed by atoms with van der Waals surface area (Å²) in [4.78, 5) is 18.6. The molecule has 5 aliphatic heterocycles. The Labute approximate surface area is 257 Å². The molecule has 2 aromatic carbocycles. The van der Waals surface area contributed by atoms with Crippen LogP contribution in [0.4, 0.5) is 19.0 Å². The van der Waals surface area contributed by atoms with Crippen molar-refractivity contribution in [1.82, 2.24) is 25.2 Å². The Balaban J connectivity index is 1.24. The smallest absolute Gasteiger partial charge is 0.319 e. The Bertz CT molecular complexity index is 1930. The number of halogens is 3. The maximum atomic E-state index is 16.9. The van der Waals surface area contributed by atoms with Gasteiger partial charge in [0.15, 0.2) is 5.82 Å². The maximum absolute atomic E-state index is 16.9. The monoisotopic (exact) mass is 612 g/mol. The van der Waals surface area contributed by atoms with Crippen molar-refractivity contribution >= 4 is 27.5 Å². The number of hydrogen-bond donors (Lipinski definition) is 1. The van der Waals surface area contributed by atoms with Gasteiger partial charge >= 0.3 is 6.01 Å². The van der Waals surface area contributed by atoms with Crippen LogP contribution in [0, 0.1) is 24.0 Å². The Hall–Kier alpha value is -4.14. The Morgan fingerprint density at radius 1 is 1.11 bits per heavy atom. The van der Waals surface area contributed by atoms with E-state index in [0.717, 1.165) is 32.2 Å². The summed E-state index contributed by atoms with van der Waals surface area (Å²) in [5.41, 5.74) is -0.0854. The van der Waals surface area contributed by atoms with Crippen molar-refractivity contribution in [2.45, 2.75) is 61.9 Å². The minimum atomic E-state index is -0.905. The first-order chi connectivity index (χ1) is 21.9. The minimum Gasteiger partial charge on any atom is -0.475 e. The minimum absolute atomic E-state index is 0.00719. The highest BCUT2D eigenvalue weighted by Crippen LogP contribution is 2.45. The molecule has 5 aliphatic rings. The fourth-order valence-corrected chi connectivity index (χ4v) is 8.50. The molecule has 45 heavy (non-hydrogen) atoms. The number of ether oxygens (including phenoxy) is 2. The van der Waals surface area contributed by atoms with Gasteiger partial charge in [-0.25, -0.2) is 18.2 Å². The number of terminal acetylenes is 1. The number of nitrogens with one attached hydrogen (secondary N) is 1. The van der Waals surface area contributed by atoms with Crippen LogP contribution in [-0.4, -0.2) is 82.5 Å². The highest BCUT2D eigenvalue weighted by Gasteiger charge is 2.50. The summed E-state index contributed by atoms with van der Waals surface area (Å²) in [6, 6.07) is 8.59. The molecule has 0 saturated carbocycles. The Morgan fingerprint density at radius 2 is 2.02 bits per heavy atom. The van der Waals surface area contributed by atoms with Gasteiger partial charge in [0.1, 0.15) is 47.6 Å². The summed E-state index contributed by atoms with van der Waals surface area (Å²) in [7, 11) is 0. The molecule has 9 rings (SSSR count). The third-order valence-electron chi connectivity index (χ3n) is 10.6. The van der Waals surface area contributed by atoms with Crippen molar-refractivity contribution in [2.24, 2.45) is 0 Å². The van der Waals surface area contributed by atoms with Crippen molar-refractivity contribution in [1.29, 1.82) is 0 Å². The number of piperazine rings is 1. The van der Waals surface area contributed by atoms with Gasteiger partial charge in [-0.2, -0.15) is 9.97 Å². The number of aromatic nitrogens is 3. The van der Waals surface area contributed by atoms with Crippen LogP contribution in [0.1, 0.15) is 37.7 Å². The van der Waals surface area contributed by atoms with E-state index in [1.54, 1.807) is 24.3 Å². The predicted octanol–water partition coefficient (Wildman–Crippen LogP) is 4.76. The first kappa shape index (κ1) is 27.2. The van der Waals surface area contributed by atoms with Crippen LogP contribution in [0.3, 0.4) is 0 Å². The molecule has 0 spiro atoms. The second kappa shape index (κ2) is 9.93. The number of benzene rings is 2. The van der Waals surface area contributed by atoms with E-state index in [4.69, 9.17) is 25.9 Å². The topological polar surface area (TPSA) is 75.6 Å². The summed E-state index contributed by atoms with van der Waals surface area (Å²) in [6.45, 7) is 2.43. The van der Waals surface area contributed by atoms with Gasteiger partial charge in [0, 0.05) is 42.5 Å². The zero-order chi connectivity index (χ0) is 30.4. The summed E-state index contributed by atoms with van der Waals surface area (Å²) in [5.74, 6) is 1.89. The van der Waals surface area contributed by atoms with Crippen molar-refractivity contribution in [3.8, 4) is 35.5 Å². The number of alkyl halides is 1. The molecule has 2 aromatic heterocycles. The quantitative estimate of drug-likeness (QED) is 0.331. The van der Waals surface area contributed by atoms with Crippen molar-refractivity contribution in [3.05, 3.63) is 47.5 Å². The van der Waals surface area contributed by atoms with Crippen LogP contribution < -0.4 is 19.7 Å². The lowest BCUT2D eigenvalue weighted by atomic mass is 9.95. The molecule has 11 heteroatoms. The van der Waals surface area contributed by atoms with Crippen molar-refractivity contribution < 1.29 is 22.6 Å². The van der Waals surface area contributed by atoms with Gasteiger partial charge in [-0.3, -0.25) is 4.90 Å². The zero-order valence-electron chi connectivity index (χ0n) is 24.5. The van der Waals surface area contributed by atoms with Crippen LogP contribution >= 0.6 is 0 Å². The molecular formula is C34H31F3N6O2. The molecule has 8 nitrogen and oxygen atoms in total. The summed E-state index contributed by atoms with van der Waals surface area (Å²) in [6.07, 6.45) is 9.06. The normalized spacial score (nSPS) is 28.5. The van der Waals surface area contributed by atoms with E-state index in [1.807, 2.05) is 0 Å². The fourth-order valence-electron chi connectivity index (χ4n) is 8.50. The molecule has 4 saturated heterocycles. The van der Waals surface area contributed by atoms with Crippen LogP contribution in [0.2, 0.25) is 0 Å². The van der Waals surface area contributed by atoms with Crippen molar-refractivity contribution in [3.63, 3.8) is 0 Å². The Kier molecular flexibility index (Phi) is 6.00. The fraction of sp³-hybridized carbons (Fsp3) is 0.441. The molecule has 5 atom stereocenters. The second-order valence-electron chi connectivity index (χ2n) is 13.0. The number of nitrogens with zero attached hydrogens (tertiary/aromatic N) is 5. The number of hydrogen-bond acceptors (Lipinski definition) is 8. The average Bonchev–Trinajstić information content (AvgIpc) is 3.68. The average molecular weight is 613 g/mol. The van der Waals surface area contributed by atoms with Gasteiger partial charge in [0.2, 0.25) is 5.88 Å². The molecule has 4 aromatic rings. The van der Waals surface area contributed by atoms with Gasteiger partial charge in [-0.1, -0.05) is 30.2 Å². The molecule has 3 unspecified atom stereocenters. The highest BCUT2D eigenvalue weighted by molar-refractivity contribution is 6.03. The van der Waals surface area contributed by atoms with E-state index in [1.165, 1.54) is 6.07 Å². The van der Waals surface area contributed by atoms with Crippen LogP contribution in [0.25, 0.3) is 32.9 Å². The zero-order valence-corrected chi connectivity index (χ0v) is 24.5. The van der Waals surface area contributed by atoms with E-state index in [9.17, 15) is 8.78 Å². The van der Waals surface area contributed by atoms with Gasteiger partial charge in [0.05, 0.1) is 17.1 Å². The van der Waals surface area contributed by atoms with Crippen LogP contribution in [0.5, 0.6) is 11.9 Å². The molecule has 0 radical (unpaired) electrons. The standard InChI is InChI=1S/C34H31F3N6O2/c1-2-21-23(36)9-7-18-5-3-6-22(26(18)21)29-28(37)30-27-31(43-15-20-8-10-24(38-20)25(43)16-44-32(27)39-29)41-33(40-30)45-17-34-11-4-12-42(34)14-19(35)13-34/h1,3,5-7,9,19-20,24-25,38H,4,8,10-17H2/t19-,20?,24?,25?,34+/m1/s1. The van der Waals surface area contributed by atoms with E-state index in [2.05, 4.69) is 26.0 Å². The molecule has 4 fully saturated rings. The SMILES string of the molecule is C#Cc1c(F)ccc2cccc(-c3nc4c5c(nc(OC[C@@]67CCCN6C[C@H](F)C7)nc5c3F)N3CC5CCC(N5)C3CO4)c12. The third kappa shape index (κ3) is 4.04. The van der Waals surface area contributed by atoms with E-state index in [-0.39, 0.29) is 53.4 Å². The number of rotatable bonds is 4. The molecule has 230 valence electrons. The highest BCUT2D eigenvalue weighted by atomic mass is 19.1. The Morgan fingerprint density at radius 3 is 2.91 bits per heavy atom. The summed E-state index contributed by atoms with van der Waals surface area (Å²) in [5, 5.41) is 5.10. The maximum Gasteiger partial charge on any atom is 0.319 e. The van der Waals surface area contributed by atoms with E-state index in [0.29, 0.717) is 53.7 Å². The molecule has 0 amide bonds. The molecule has 0 aliphatic carbocycles. The largest absolute Gasteiger partial charge is 0.475 e. The van der Waals surface area contributed by atoms with E-state index >= 15 is 4.39 Å². The van der Waals surface area contributed by atoms with Crippen LogP contribution in [-0.2, 0) is 0 Å².